The number of rotatable bonds is 3. The third kappa shape index (κ3) is 3.10. The summed E-state index contributed by atoms with van der Waals surface area (Å²) in [5, 5.41) is 3.83. The van der Waals surface area contributed by atoms with Crippen molar-refractivity contribution < 1.29 is 19.1 Å². The molecule has 0 radical (unpaired) electrons. The van der Waals surface area contributed by atoms with E-state index in [-0.39, 0.29) is 5.57 Å². The van der Waals surface area contributed by atoms with Gasteiger partial charge in [-0.1, -0.05) is 0 Å². The van der Waals surface area contributed by atoms with E-state index in [9.17, 15) is 9.59 Å². The van der Waals surface area contributed by atoms with E-state index >= 15 is 0 Å². The summed E-state index contributed by atoms with van der Waals surface area (Å²) in [5.74, 6) is -2.55. The van der Waals surface area contributed by atoms with E-state index in [0.717, 1.165) is 5.69 Å². The molecule has 0 unspecified atom stereocenters. The molecule has 7 heteroatoms. The number of ether oxygens (including phenoxy) is 2. The number of carbonyl (C=O) groups is 2. The molecule has 5 nitrogen and oxygen atoms in total. The number of nitrogens with zero attached hydrogens (tertiary/aromatic N) is 1. The van der Waals surface area contributed by atoms with Gasteiger partial charge in [0.15, 0.2) is 5.57 Å². The van der Waals surface area contributed by atoms with Crippen LogP contribution in [0.4, 0.5) is 5.69 Å². The molecule has 0 amide bonds. The van der Waals surface area contributed by atoms with Crippen LogP contribution in [0, 0.1) is 0 Å². The van der Waals surface area contributed by atoms with Crippen LogP contribution in [-0.4, -0.2) is 24.0 Å². The molecule has 102 valence electrons. The lowest BCUT2D eigenvalue weighted by atomic mass is 10.2. The number of hydrogen-bond donors (Lipinski definition) is 0. The fourth-order valence-corrected chi connectivity index (χ4v) is 2.73. The SMILES string of the molecule is CSN(C=C1C(=O)OC(C)(C)OC1=O)c1ccsc1. The Labute approximate surface area is 119 Å². The lowest BCUT2D eigenvalue weighted by molar-refractivity contribution is -0.222. The summed E-state index contributed by atoms with van der Waals surface area (Å²) in [6, 6.07) is 1.89. The topological polar surface area (TPSA) is 55.8 Å². The summed E-state index contributed by atoms with van der Waals surface area (Å²) in [6.45, 7) is 3.04. The summed E-state index contributed by atoms with van der Waals surface area (Å²) in [4.78, 5) is 23.6. The molecule has 0 spiro atoms. The molecule has 1 aromatic heterocycles. The van der Waals surface area contributed by atoms with Gasteiger partial charge in [-0.15, -0.1) is 0 Å². The summed E-state index contributed by atoms with van der Waals surface area (Å²) >= 11 is 2.90. The fraction of sp³-hybridized carbons (Fsp3) is 0.333. The zero-order valence-electron chi connectivity index (χ0n) is 10.7. The summed E-state index contributed by atoms with van der Waals surface area (Å²) < 4.78 is 11.8. The zero-order valence-corrected chi connectivity index (χ0v) is 12.3. The average molecular weight is 299 g/mol. The smallest absolute Gasteiger partial charge is 0.350 e. The molecular weight excluding hydrogens is 286 g/mol. The number of hydrogen-bond acceptors (Lipinski definition) is 7. The molecule has 1 fully saturated rings. The second-order valence-corrected chi connectivity index (χ2v) is 5.75. The van der Waals surface area contributed by atoms with Crippen LogP contribution in [0.3, 0.4) is 0 Å². The van der Waals surface area contributed by atoms with E-state index in [0.29, 0.717) is 0 Å². The maximum absolute atomic E-state index is 11.8. The van der Waals surface area contributed by atoms with Gasteiger partial charge in [0.05, 0.1) is 5.69 Å². The molecule has 1 aliphatic rings. The maximum atomic E-state index is 11.8. The second kappa shape index (κ2) is 5.26. The number of carbonyl (C=O) groups excluding carboxylic acids is 2. The Morgan fingerprint density at radius 3 is 2.42 bits per heavy atom. The summed E-state index contributed by atoms with van der Waals surface area (Å²) in [7, 11) is 0. The van der Waals surface area contributed by atoms with E-state index in [4.69, 9.17) is 9.47 Å². The molecule has 0 bridgehead atoms. The number of anilines is 1. The molecule has 0 aromatic carbocycles. The molecule has 2 rings (SSSR count). The van der Waals surface area contributed by atoms with Gasteiger partial charge in [-0.2, -0.15) is 11.3 Å². The summed E-state index contributed by atoms with van der Waals surface area (Å²) in [5.41, 5.74) is 0.773. The highest BCUT2D eigenvalue weighted by Crippen LogP contribution is 2.28. The molecule has 1 aliphatic heterocycles. The molecule has 0 N–H and O–H groups in total. The van der Waals surface area contributed by atoms with E-state index in [1.165, 1.54) is 43.3 Å². The molecule has 2 heterocycles. The highest BCUT2D eigenvalue weighted by Gasteiger charge is 2.39. The number of thiophene rings is 1. The molecule has 0 atom stereocenters. The first-order valence-electron chi connectivity index (χ1n) is 5.47. The van der Waals surface area contributed by atoms with Gasteiger partial charge in [-0.05, 0) is 23.4 Å². The van der Waals surface area contributed by atoms with Gasteiger partial charge in [-0.3, -0.25) is 4.31 Å². The molecule has 1 aromatic rings. The van der Waals surface area contributed by atoms with Gasteiger partial charge in [0.1, 0.15) is 0 Å². The van der Waals surface area contributed by atoms with E-state index in [2.05, 4.69) is 0 Å². The predicted octanol–water partition coefficient (Wildman–Crippen LogP) is 2.55. The van der Waals surface area contributed by atoms with Crippen molar-refractivity contribution in [2.45, 2.75) is 19.6 Å². The Balaban J connectivity index is 2.27. The van der Waals surface area contributed by atoms with Crippen LogP contribution in [0.25, 0.3) is 0 Å². The molecule has 1 saturated heterocycles. The van der Waals surface area contributed by atoms with E-state index < -0.39 is 17.7 Å². The van der Waals surface area contributed by atoms with Crippen molar-refractivity contribution in [1.29, 1.82) is 0 Å². The lowest BCUT2D eigenvalue weighted by Gasteiger charge is -2.30. The lowest BCUT2D eigenvalue weighted by Crippen LogP contribution is -2.42. The third-order valence-corrected chi connectivity index (χ3v) is 3.70. The zero-order chi connectivity index (χ0) is 14.0. The van der Waals surface area contributed by atoms with Crippen molar-refractivity contribution in [2.75, 3.05) is 10.6 Å². The van der Waals surface area contributed by atoms with Gasteiger partial charge in [0.2, 0.25) is 0 Å². The van der Waals surface area contributed by atoms with Gasteiger partial charge in [0.25, 0.3) is 5.79 Å². The Morgan fingerprint density at radius 2 is 1.95 bits per heavy atom. The van der Waals surface area contributed by atoms with Crippen molar-refractivity contribution in [3.05, 3.63) is 28.6 Å². The van der Waals surface area contributed by atoms with Crippen LogP contribution in [-0.2, 0) is 19.1 Å². The van der Waals surface area contributed by atoms with Crippen LogP contribution in [0.5, 0.6) is 0 Å². The first-order valence-corrected chi connectivity index (χ1v) is 7.59. The van der Waals surface area contributed by atoms with Crippen molar-refractivity contribution in [3.63, 3.8) is 0 Å². The number of esters is 2. The monoisotopic (exact) mass is 299 g/mol. The Bertz CT molecular complexity index is 500. The van der Waals surface area contributed by atoms with Crippen molar-refractivity contribution in [3.8, 4) is 0 Å². The van der Waals surface area contributed by atoms with Gasteiger partial charge >= 0.3 is 11.9 Å². The van der Waals surface area contributed by atoms with Crippen LogP contribution in [0.15, 0.2) is 28.6 Å². The Kier molecular flexibility index (Phi) is 3.86. The van der Waals surface area contributed by atoms with Crippen LogP contribution < -0.4 is 4.31 Å². The largest absolute Gasteiger partial charge is 0.419 e. The van der Waals surface area contributed by atoms with Crippen molar-refractivity contribution in [2.24, 2.45) is 0 Å². The molecule has 19 heavy (non-hydrogen) atoms. The minimum atomic E-state index is -1.21. The fourth-order valence-electron chi connectivity index (χ4n) is 1.50. The van der Waals surface area contributed by atoms with Crippen LogP contribution >= 0.6 is 23.3 Å². The normalized spacial score (nSPS) is 17.7. The highest BCUT2D eigenvalue weighted by atomic mass is 32.2. The first-order chi connectivity index (χ1) is 8.93. The van der Waals surface area contributed by atoms with E-state index in [1.807, 2.05) is 23.1 Å². The second-order valence-electron chi connectivity index (χ2n) is 4.21. The average Bonchev–Trinajstić information content (AvgIpc) is 2.80. The van der Waals surface area contributed by atoms with Gasteiger partial charge in [-0.25, -0.2) is 9.59 Å². The van der Waals surface area contributed by atoms with Gasteiger partial charge < -0.3 is 9.47 Å². The first kappa shape index (κ1) is 14.0. The third-order valence-electron chi connectivity index (χ3n) is 2.32. The van der Waals surface area contributed by atoms with Crippen molar-refractivity contribution >= 4 is 40.9 Å². The minimum absolute atomic E-state index is 0.111. The predicted molar refractivity (Wildman–Crippen MR) is 74.7 cm³/mol. The minimum Gasteiger partial charge on any atom is -0.419 e. The Hall–Kier alpha value is -1.47. The highest BCUT2D eigenvalue weighted by molar-refractivity contribution is 8.00. The Morgan fingerprint density at radius 1 is 1.32 bits per heavy atom. The van der Waals surface area contributed by atoms with Crippen molar-refractivity contribution in [1.82, 2.24) is 0 Å². The molecular formula is C12H13NO4S2. The molecule has 0 saturated carbocycles. The van der Waals surface area contributed by atoms with Gasteiger partial charge in [0, 0.05) is 31.7 Å². The number of cyclic esters (lactones) is 2. The standard InChI is InChI=1S/C12H13NO4S2/c1-12(2)16-10(14)9(11(15)17-12)6-13(18-3)8-4-5-19-7-8/h4-7H,1-3H3. The van der Waals surface area contributed by atoms with Crippen LogP contribution in [0.2, 0.25) is 0 Å². The quantitative estimate of drug-likeness (QED) is 0.370. The molecule has 0 aliphatic carbocycles. The van der Waals surface area contributed by atoms with E-state index in [1.54, 1.807) is 4.31 Å². The summed E-state index contributed by atoms with van der Waals surface area (Å²) in [6.07, 6.45) is 3.28. The van der Waals surface area contributed by atoms with Crippen LogP contribution in [0.1, 0.15) is 13.8 Å². The maximum Gasteiger partial charge on any atom is 0.350 e.